The molecule has 0 spiro atoms. The number of β-amino-alcohol motifs (C(OH)–C–C–N with tert-alkyl or cyclic N) is 1. The van der Waals surface area contributed by atoms with Gasteiger partial charge in [0.05, 0.1) is 19.3 Å². The van der Waals surface area contributed by atoms with E-state index in [-0.39, 0.29) is 5.91 Å². The zero-order chi connectivity index (χ0) is 15.2. The number of hydrogen-bond acceptors (Lipinski definition) is 5. The molecule has 1 N–H and O–H groups in total. The number of nitrogens with zero attached hydrogens (tertiary/aromatic N) is 4. The quantitative estimate of drug-likeness (QED) is 0.797. The molecule has 1 fully saturated rings. The summed E-state index contributed by atoms with van der Waals surface area (Å²) >= 11 is 0. The van der Waals surface area contributed by atoms with Crippen LogP contribution in [-0.4, -0.2) is 76.4 Å². The Morgan fingerprint density at radius 3 is 3.00 bits per heavy atom. The lowest BCUT2D eigenvalue weighted by Crippen LogP contribution is -2.36. The predicted molar refractivity (Wildman–Crippen MR) is 77.6 cm³/mol. The van der Waals surface area contributed by atoms with Crippen molar-refractivity contribution in [3.63, 3.8) is 0 Å². The van der Waals surface area contributed by atoms with E-state index >= 15 is 0 Å². The highest BCUT2D eigenvalue weighted by atomic mass is 16.5. The first-order chi connectivity index (χ1) is 10.1. The Morgan fingerprint density at radius 1 is 1.48 bits per heavy atom. The van der Waals surface area contributed by atoms with E-state index in [0.717, 1.165) is 18.9 Å². The molecule has 1 unspecified atom stereocenters. The van der Waals surface area contributed by atoms with E-state index in [1.165, 1.54) is 0 Å². The number of aliphatic hydroxyl groups is 1. The maximum Gasteiger partial charge on any atom is 0.219 e. The van der Waals surface area contributed by atoms with E-state index in [4.69, 9.17) is 4.74 Å². The molecule has 0 saturated carbocycles. The summed E-state index contributed by atoms with van der Waals surface area (Å²) in [6, 6.07) is 0. The maximum absolute atomic E-state index is 11.5. The van der Waals surface area contributed by atoms with Gasteiger partial charge in [0.25, 0.3) is 0 Å². The number of amides is 1. The number of methoxy groups -OCH3 is 1. The van der Waals surface area contributed by atoms with E-state index in [9.17, 15) is 9.90 Å². The average molecular weight is 296 g/mol. The fraction of sp³-hybridized carbons (Fsp3) is 0.714. The van der Waals surface area contributed by atoms with Crippen LogP contribution in [0.1, 0.15) is 12.7 Å². The van der Waals surface area contributed by atoms with Gasteiger partial charge in [0.2, 0.25) is 5.91 Å². The predicted octanol–water partition coefficient (Wildman–Crippen LogP) is -0.445. The van der Waals surface area contributed by atoms with Gasteiger partial charge in [0, 0.05) is 59.2 Å². The number of carbonyl (C=O) groups excluding carboxylic acids is 1. The molecule has 0 bridgehead atoms. The van der Waals surface area contributed by atoms with Crippen LogP contribution in [0.5, 0.6) is 0 Å². The van der Waals surface area contributed by atoms with Crippen molar-refractivity contribution in [3.8, 4) is 0 Å². The summed E-state index contributed by atoms with van der Waals surface area (Å²) in [5, 5.41) is 10.0. The van der Waals surface area contributed by atoms with Crippen LogP contribution in [0.25, 0.3) is 0 Å². The second-order valence-electron chi connectivity index (χ2n) is 5.38. The van der Waals surface area contributed by atoms with Crippen molar-refractivity contribution >= 4 is 5.91 Å². The molecular formula is C14H24N4O3. The van der Waals surface area contributed by atoms with Gasteiger partial charge in [-0.15, -0.1) is 0 Å². The molecule has 1 atom stereocenters. The Hall–Kier alpha value is -1.44. The lowest BCUT2D eigenvalue weighted by Gasteiger charge is -2.21. The van der Waals surface area contributed by atoms with Crippen LogP contribution >= 0.6 is 0 Å². The standard InChI is InChI=1S/C14H24N4O3/c1-12(19)18-6-5-16(9-13(20)10-18)11-14-15-3-4-17(14)7-8-21-2/h3-4,13,20H,5-11H2,1-2H3. The van der Waals surface area contributed by atoms with Crippen LogP contribution in [0.4, 0.5) is 0 Å². The largest absolute Gasteiger partial charge is 0.390 e. The van der Waals surface area contributed by atoms with Crippen LogP contribution < -0.4 is 0 Å². The molecule has 0 aromatic carbocycles. The molecule has 2 rings (SSSR count). The topological polar surface area (TPSA) is 70.8 Å². The number of imidazole rings is 1. The average Bonchev–Trinajstić information content (AvgIpc) is 2.78. The second kappa shape index (κ2) is 7.53. The monoisotopic (exact) mass is 296 g/mol. The highest BCUT2D eigenvalue weighted by Gasteiger charge is 2.23. The molecule has 7 nitrogen and oxygen atoms in total. The molecule has 21 heavy (non-hydrogen) atoms. The summed E-state index contributed by atoms with van der Waals surface area (Å²) < 4.78 is 7.15. The summed E-state index contributed by atoms with van der Waals surface area (Å²) in [5.74, 6) is 0.966. The highest BCUT2D eigenvalue weighted by Crippen LogP contribution is 2.09. The number of hydrogen-bond donors (Lipinski definition) is 1. The third kappa shape index (κ3) is 4.52. The lowest BCUT2D eigenvalue weighted by atomic mass is 10.3. The van der Waals surface area contributed by atoms with Gasteiger partial charge in [-0.1, -0.05) is 0 Å². The van der Waals surface area contributed by atoms with E-state index < -0.39 is 6.10 Å². The molecule has 1 amide bonds. The zero-order valence-electron chi connectivity index (χ0n) is 12.7. The molecule has 0 radical (unpaired) electrons. The maximum atomic E-state index is 11.5. The Balaban J connectivity index is 1.96. The van der Waals surface area contributed by atoms with Crippen molar-refractivity contribution in [1.82, 2.24) is 19.4 Å². The Morgan fingerprint density at radius 2 is 2.29 bits per heavy atom. The molecule has 1 saturated heterocycles. The first-order valence-electron chi connectivity index (χ1n) is 7.25. The number of ether oxygens (including phenoxy) is 1. The normalized spacial score (nSPS) is 20.5. The molecule has 1 aliphatic rings. The van der Waals surface area contributed by atoms with E-state index in [1.54, 1.807) is 25.1 Å². The molecule has 1 aromatic heterocycles. The van der Waals surface area contributed by atoms with E-state index in [1.807, 2.05) is 6.20 Å². The third-order valence-corrected chi connectivity index (χ3v) is 3.73. The van der Waals surface area contributed by atoms with Crippen LogP contribution in [-0.2, 0) is 22.6 Å². The van der Waals surface area contributed by atoms with Gasteiger partial charge in [-0.05, 0) is 0 Å². The number of carbonyl (C=O) groups is 1. The fourth-order valence-corrected chi connectivity index (χ4v) is 2.57. The summed E-state index contributed by atoms with van der Waals surface area (Å²) in [7, 11) is 1.68. The fourth-order valence-electron chi connectivity index (χ4n) is 2.57. The minimum absolute atomic E-state index is 0.0116. The molecule has 2 heterocycles. The van der Waals surface area contributed by atoms with Crippen LogP contribution in [0, 0.1) is 0 Å². The Labute approximate surface area is 125 Å². The van der Waals surface area contributed by atoms with Crippen LogP contribution in [0.15, 0.2) is 12.4 Å². The first-order valence-corrected chi connectivity index (χ1v) is 7.25. The van der Waals surface area contributed by atoms with E-state index in [0.29, 0.717) is 32.8 Å². The Kier molecular flexibility index (Phi) is 5.72. The van der Waals surface area contributed by atoms with E-state index in [2.05, 4.69) is 14.5 Å². The molecule has 1 aromatic rings. The smallest absolute Gasteiger partial charge is 0.219 e. The van der Waals surface area contributed by atoms with Gasteiger partial charge in [-0.3, -0.25) is 9.69 Å². The van der Waals surface area contributed by atoms with Crippen molar-refractivity contribution in [3.05, 3.63) is 18.2 Å². The zero-order valence-corrected chi connectivity index (χ0v) is 12.7. The van der Waals surface area contributed by atoms with Crippen molar-refractivity contribution in [1.29, 1.82) is 0 Å². The van der Waals surface area contributed by atoms with Crippen molar-refractivity contribution < 1.29 is 14.6 Å². The Bertz CT molecular complexity index is 463. The molecule has 1 aliphatic heterocycles. The van der Waals surface area contributed by atoms with Crippen molar-refractivity contribution in [2.45, 2.75) is 26.1 Å². The van der Waals surface area contributed by atoms with Gasteiger partial charge in [0.1, 0.15) is 5.82 Å². The minimum Gasteiger partial charge on any atom is -0.390 e. The van der Waals surface area contributed by atoms with Crippen molar-refractivity contribution in [2.75, 3.05) is 39.9 Å². The minimum atomic E-state index is -0.515. The number of aliphatic hydroxyl groups excluding tert-OH is 1. The van der Waals surface area contributed by atoms with Gasteiger partial charge in [-0.2, -0.15) is 0 Å². The highest BCUT2D eigenvalue weighted by molar-refractivity contribution is 5.73. The number of rotatable bonds is 5. The van der Waals surface area contributed by atoms with Crippen LogP contribution in [0.2, 0.25) is 0 Å². The second-order valence-corrected chi connectivity index (χ2v) is 5.38. The van der Waals surface area contributed by atoms with Gasteiger partial charge < -0.3 is 19.3 Å². The summed E-state index contributed by atoms with van der Waals surface area (Å²) in [5.41, 5.74) is 0. The summed E-state index contributed by atoms with van der Waals surface area (Å²) in [4.78, 5) is 19.7. The van der Waals surface area contributed by atoms with Gasteiger partial charge >= 0.3 is 0 Å². The summed E-state index contributed by atoms with van der Waals surface area (Å²) in [6.45, 7) is 5.97. The van der Waals surface area contributed by atoms with Gasteiger partial charge in [0.15, 0.2) is 0 Å². The lowest BCUT2D eigenvalue weighted by molar-refractivity contribution is -0.129. The SMILES string of the molecule is COCCn1ccnc1CN1CCN(C(C)=O)CC(O)C1. The summed E-state index contributed by atoms with van der Waals surface area (Å²) in [6.07, 6.45) is 3.20. The third-order valence-electron chi connectivity index (χ3n) is 3.73. The van der Waals surface area contributed by atoms with Crippen molar-refractivity contribution in [2.24, 2.45) is 0 Å². The van der Waals surface area contributed by atoms with Gasteiger partial charge in [-0.25, -0.2) is 4.98 Å². The molecule has 0 aliphatic carbocycles. The molecule has 7 heteroatoms. The number of aromatic nitrogens is 2. The first kappa shape index (κ1) is 15.9. The van der Waals surface area contributed by atoms with Crippen LogP contribution in [0.3, 0.4) is 0 Å². The molecular weight excluding hydrogens is 272 g/mol. The molecule has 118 valence electrons.